The number of alkyl halides is 1. The zero-order valence-corrected chi connectivity index (χ0v) is 20.5. The van der Waals surface area contributed by atoms with Crippen LogP contribution in [-0.2, 0) is 9.53 Å². The van der Waals surface area contributed by atoms with Crippen LogP contribution < -0.4 is 0 Å². The van der Waals surface area contributed by atoms with Crippen molar-refractivity contribution in [2.24, 2.45) is 17.8 Å². The number of esters is 1. The van der Waals surface area contributed by atoms with Crippen molar-refractivity contribution in [1.82, 2.24) is 4.90 Å². The predicted octanol–water partition coefficient (Wildman–Crippen LogP) is 6.83. The van der Waals surface area contributed by atoms with Crippen molar-refractivity contribution in [2.45, 2.75) is 97.8 Å². The van der Waals surface area contributed by atoms with Gasteiger partial charge in [0.1, 0.15) is 6.61 Å². The molecule has 0 aromatic rings. The number of carbonyl (C=O) groups is 1. The highest BCUT2D eigenvalue weighted by Crippen LogP contribution is 2.42. The first kappa shape index (κ1) is 25.9. The fraction of sp³-hybridized carbons (Fsp3) is 0.958. The molecule has 2 aliphatic carbocycles. The van der Waals surface area contributed by atoms with Crippen LogP contribution in [0.3, 0.4) is 0 Å². The lowest BCUT2D eigenvalue weighted by atomic mass is 9.79. The van der Waals surface area contributed by atoms with Gasteiger partial charge in [0, 0.05) is 11.9 Å². The van der Waals surface area contributed by atoms with Gasteiger partial charge in [0.05, 0.1) is 5.92 Å². The summed E-state index contributed by atoms with van der Waals surface area (Å²) in [6, 6.07) is 0. The molecule has 0 aromatic carbocycles. The van der Waals surface area contributed by atoms with Crippen LogP contribution in [0.15, 0.2) is 0 Å². The van der Waals surface area contributed by atoms with Crippen molar-refractivity contribution in [3.8, 4) is 0 Å². The van der Waals surface area contributed by atoms with E-state index in [1.807, 2.05) is 0 Å². The minimum Gasteiger partial charge on any atom is -0.464 e. The molecule has 2 aliphatic rings. The van der Waals surface area contributed by atoms with Gasteiger partial charge in [0.25, 0.3) is 0 Å². The minimum absolute atomic E-state index is 0.112. The van der Waals surface area contributed by atoms with Gasteiger partial charge < -0.3 is 9.64 Å². The molecule has 2 saturated carbocycles. The highest BCUT2D eigenvalue weighted by Gasteiger charge is 2.38. The van der Waals surface area contributed by atoms with Crippen molar-refractivity contribution in [3.05, 3.63) is 0 Å². The van der Waals surface area contributed by atoms with Crippen molar-refractivity contribution < 1.29 is 9.53 Å². The summed E-state index contributed by atoms with van der Waals surface area (Å²) in [5, 5.41) is 1.17. The Kier molecular flexibility index (Phi) is 15.5. The fourth-order valence-corrected chi connectivity index (χ4v) is 5.23. The molecule has 2 rings (SSSR count). The summed E-state index contributed by atoms with van der Waals surface area (Å²) >= 11 is 3.38. The van der Waals surface area contributed by atoms with E-state index in [2.05, 4.69) is 41.6 Å². The van der Waals surface area contributed by atoms with Crippen LogP contribution in [0.4, 0.5) is 0 Å². The summed E-state index contributed by atoms with van der Waals surface area (Å²) in [7, 11) is 0. The van der Waals surface area contributed by atoms with Crippen molar-refractivity contribution >= 4 is 21.9 Å². The van der Waals surface area contributed by atoms with Crippen LogP contribution >= 0.6 is 15.9 Å². The topological polar surface area (TPSA) is 29.5 Å². The molecule has 4 heteroatoms. The summed E-state index contributed by atoms with van der Waals surface area (Å²) in [6.07, 6.45) is 15.7. The molecule has 0 aromatic heterocycles. The molecule has 0 N–H and O–H groups in total. The SMILES string of the molecule is CCCCCCBr.CCN(CC)CCOC(=O)C(C1CCCC1)C1CCCC1. The molecule has 166 valence electrons. The van der Waals surface area contributed by atoms with Gasteiger partial charge in [0.15, 0.2) is 0 Å². The molecule has 28 heavy (non-hydrogen) atoms. The first-order chi connectivity index (χ1) is 13.7. The number of carbonyl (C=O) groups excluding carboxylic acids is 1. The molecular formula is C24H46BrNO2. The van der Waals surface area contributed by atoms with E-state index in [-0.39, 0.29) is 11.9 Å². The average Bonchev–Trinajstić information content (AvgIpc) is 3.41. The van der Waals surface area contributed by atoms with Gasteiger partial charge >= 0.3 is 5.97 Å². The number of likely N-dealkylation sites (N-methyl/N-ethyl adjacent to an activating group) is 1. The number of ether oxygens (including phenoxy) is 1. The van der Waals surface area contributed by atoms with Gasteiger partial charge in [-0.15, -0.1) is 0 Å². The largest absolute Gasteiger partial charge is 0.464 e. The van der Waals surface area contributed by atoms with Crippen LogP contribution in [-0.4, -0.2) is 42.4 Å². The molecule has 0 heterocycles. The maximum atomic E-state index is 12.6. The number of nitrogens with zero attached hydrogens (tertiary/aromatic N) is 1. The maximum absolute atomic E-state index is 12.6. The molecular weight excluding hydrogens is 414 g/mol. The van der Waals surface area contributed by atoms with Gasteiger partial charge in [-0.25, -0.2) is 0 Å². The van der Waals surface area contributed by atoms with Gasteiger partial charge in [0.2, 0.25) is 0 Å². The first-order valence-electron chi connectivity index (χ1n) is 12.1. The van der Waals surface area contributed by atoms with Gasteiger partial charge in [-0.2, -0.15) is 0 Å². The van der Waals surface area contributed by atoms with Crippen molar-refractivity contribution in [1.29, 1.82) is 0 Å². The van der Waals surface area contributed by atoms with E-state index in [9.17, 15) is 4.79 Å². The quantitative estimate of drug-likeness (QED) is 0.182. The highest BCUT2D eigenvalue weighted by molar-refractivity contribution is 9.09. The second kappa shape index (κ2) is 16.7. The Labute approximate surface area is 183 Å². The fourth-order valence-electron chi connectivity index (χ4n) is 4.84. The van der Waals surface area contributed by atoms with Gasteiger partial charge in [-0.3, -0.25) is 4.79 Å². The van der Waals surface area contributed by atoms with Crippen LogP contribution in [0.2, 0.25) is 0 Å². The van der Waals surface area contributed by atoms with Crippen LogP contribution in [0.1, 0.15) is 97.8 Å². The summed E-state index contributed by atoms with van der Waals surface area (Å²) in [6.45, 7) is 10.0. The van der Waals surface area contributed by atoms with E-state index in [1.54, 1.807) is 0 Å². The second-order valence-electron chi connectivity index (χ2n) is 8.56. The minimum atomic E-state index is 0.112. The molecule has 0 unspecified atom stereocenters. The zero-order chi connectivity index (χ0) is 20.6. The molecule has 2 fully saturated rings. The van der Waals surface area contributed by atoms with E-state index in [0.29, 0.717) is 18.4 Å². The normalized spacial score (nSPS) is 17.9. The van der Waals surface area contributed by atoms with E-state index in [4.69, 9.17) is 4.74 Å². The Morgan fingerprint density at radius 2 is 1.46 bits per heavy atom. The summed E-state index contributed by atoms with van der Waals surface area (Å²) in [5.74, 6) is 1.52. The molecule has 0 spiro atoms. The van der Waals surface area contributed by atoms with E-state index in [0.717, 1.165) is 19.6 Å². The molecule has 0 saturated heterocycles. The summed E-state index contributed by atoms with van der Waals surface area (Å²) < 4.78 is 5.68. The lowest BCUT2D eigenvalue weighted by Crippen LogP contribution is -2.33. The second-order valence-corrected chi connectivity index (χ2v) is 9.35. The summed E-state index contributed by atoms with van der Waals surface area (Å²) in [5.41, 5.74) is 0. The van der Waals surface area contributed by atoms with Gasteiger partial charge in [-0.05, 0) is 57.0 Å². The molecule has 0 radical (unpaired) electrons. The van der Waals surface area contributed by atoms with E-state index < -0.39 is 0 Å². The molecule has 0 bridgehead atoms. The monoisotopic (exact) mass is 459 g/mol. The lowest BCUT2D eigenvalue weighted by molar-refractivity contribution is -0.153. The van der Waals surface area contributed by atoms with Crippen LogP contribution in [0.5, 0.6) is 0 Å². The Morgan fingerprint density at radius 1 is 0.929 bits per heavy atom. The molecule has 0 aliphatic heterocycles. The number of hydrogen-bond donors (Lipinski definition) is 0. The molecule has 0 atom stereocenters. The van der Waals surface area contributed by atoms with Crippen LogP contribution in [0, 0.1) is 17.8 Å². The molecule has 3 nitrogen and oxygen atoms in total. The summed E-state index contributed by atoms with van der Waals surface area (Å²) in [4.78, 5) is 14.9. The predicted molar refractivity (Wildman–Crippen MR) is 124 cm³/mol. The third-order valence-electron chi connectivity index (χ3n) is 6.62. The van der Waals surface area contributed by atoms with E-state index in [1.165, 1.54) is 82.4 Å². The standard InChI is InChI=1S/C18H33NO2.C6H13Br/c1-3-19(4-2)13-14-21-18(20)17(15-9-5-6-10-15)16-11-7-8-12-16;1-2-3-4-5-6-7/h15-17H,3-14H2,1-2H3;2-6H2,1H3. The Hall–Kier alpha value is -0.0900. The number of halogens is 1. The Bertz CT molecular complexity index is 355. The smallest absolute Gasteiger partial charge is 0.309 e. The third-order valence-corrected chi connectivity index (χ3v) is 7.18. The number of unbranched alkanes of at least 4 members (excludes halogenated alkanes) is 3. The van der Waals surface area contributed by atoms with Crippen molar-refractivity contribution in [3.63, 3.8) is 0 Å². The number of rotatable bonds is 12. The number of hydrogen-bond acceptors (Lipinski definition) is 3. The highest BCUT2D eigenvalue weighted by atomic mass is 79.9. The Morgan fingerprint density at radius 3 is 1.89 bits per heavy atom. The zero-order valence-electron chi connectivity index (χ0n) is 18.9. The third kappa shape index (κ3) is 10.1. The lowest BCUT2D eigenvalue weighted by Gasteiger charge is -2.27. The molecule has 0 amide bonds. The van der Waals surface area contributed by atoms with Crippen molar-refractivity contribution in [2.75, 3.05) is 31.6 Å². The Balaban J connectivity index is 0.000000480. The van der Waals surface area contributed by atoms with Gasteiger partial charge in [-0.1, -0.05) is 81.6 Å². The van der Waals surface area contributed by atoms with Crippen LogP contribution in [0.25, 0.3) is 0 Å². The average molecular weight is 461 g/mol. The van der Waals surface area contributed by atoms with E-state index >= 15 is 0 Å². The maximum Gasteiger partial charge on any atom is 0.309 e. The first-order valence-corrected chi connectivity index (χ1v) is 13.2.